The lowest BCUT2D eigenvalue weighted by atomic mass is 9.99. The summed E-state index contributed by atoms with van der Waals surface area (Å²) in [4.78, 5) is 0. The molecule has 0 saturated heterocycles. The Morgan fingerprint density at radius 3 is 2.57 bits per heavy atom. The van der Waals surface area contributed by atoms with Crippen molar-refractivity contribution in [2.75, 3.05) is 6.61 Å². The Morgan fingerprint density at radius 2 is 2.00 bits per heavy atom. The van der Waals surface area contributed by atoms with E-state index in [4.69, 9.17) is 10.8 Å². The van der Waals surface area contributed by atoms with Gasteiger partial charge in [0.05, 0.1) is 0 Å². The molecule has 0 fully saturated rings. The van der Waals surface area contributed by atoms with Gasteiger partial charge in [0.1, 0.15) is 0 Å². The van der Waals surface area contributed by atoms with Crippen LogP contribution in [0.1, 0.15) is 35.6 Å². The molecule has 0 saturated carbocycles. The summed E-state index contributed by atoms with van der Waals surface area (Å²) in [5.74, 6) is 0. The smallest absolute Gasteiger partial charge is 0.0431 e. The quantitative estimate of drug-likeness (QED) is 0.769. The van der Waals surface area contributed by atoms with Crippen LogP contribution in [0.5, 0.6) is 0 Å². The van der Waals surface area contributed by atoms with Gasteiger partial charge in [0.2, 0.25) is 0 Å². The third-order valence-electron chi connectivity index (χ3n) is 2.63. The monoisotopic (exact) mass is 193 g/mol. The van der Waals surface area contributed by atoms with E-state index in [2.05, 4.69) is 32.0 Å². The summed E-state index contributed by atoms with van der Waals surface area (Å²) in [6.07, 6.45) is 1.62. The fraction of sp³-hybridized carbons (Fsp3) is 0.500. The summed E-state index contributed by atoms with van der Waals surface area (Å²) in [7, 11) is 0. The first-order valence-electron chi connectivity index (χ1n) is 5.08. The Hall–Kier alpha value is -0.860. The molecule has 0 heterocycles. The van der Waals surface area contributed by atoms with Crippen molar-refractivity contribution in [3.8, 4) is 0 Å². The molecule has 2 nitrogen and oxygen atoms in total. The molecular formula is C12H19NO. The van der Waals surface area contributed by atoms with Crippen LogP contribution in [0.4, 0.5) is 0 Å². The first-order valence-corrected chi connectivity index (χ1v) is 5.08. The summed E-state index contributed by atoms with van der Waals surface area (Å²) < 4.78 is 0. The summed E-state index contributed by atoms with van der Waals surface area (Å²) in [5.41, 5.74) is 9.73. The summed E-state index contributed by atoms with van der Waals surface area (Å²) in [6.45, 7) is 4.41. The number of nitrogens with two attached hydrogens (primary N) is 1. The van der Waals surface area contributed by atoms with Gasteiger partial charge in [0.25, 0.3) is 0 Å². The first-order chi connectivity index (χ1) is 6.65. The number of rotatable bonds is 4. The molecule has 0 aromatic heterocycles. The average molecular weight is 193 g/mol. The first kappa shape index (κ1) is 11.2. The second-order valence-electron chi connectivity index (χ2n) is 3.82. The predicted octanol–water partition coefficient (Wildman–Crippen LogP) is 2.08. The largest absolute Gasteiger partial charge is 0.396 e. The zero-order valence-electron chi connectivity index (χ0n) is 8.96. The Kier molecular flexibility index (Phi) is 4.11. The van der Waals surface area contributed by atoms with E-state index in [1.165, 1.54) is 16.7 Å². The minimum absolute atomic E-state index is 0.0569. The summed E-state index contributed by atoms with van der Waals surface area (Å²) >= 11 is 0. The molecule has 3 N–H and O–H groups in total. The van der Waals surface area contributed by atoms with Crippen molar-refractivity contribution in [2.24, 2.45) is 5.73 Å². The molecule has 2 heteroatoms. The predicted molar refractivity (Wildman–Crippen MR) is 59.2 cm³/mol. The third-order valence-corrected chi connectivity index (χ3v) is 2.63. The molecule has 0 amide bonds. The van der Waals surface area contributed by atoms with Crippen molar-refractivity contribution in [2.45, 2.75) is 32.7 Å². The highest BCUT2D eigenvalue weighted by molar-refractivity contribution is 5.31. The lowest BCUT2D eigenvalue weighted by Gasteiger charge is -2.12. The lowest BCUT2D eigenvalue weighted by Crippen LogP contribution is -2.11. The third kappa shape index (κ3) is 2.82. The fourth-order valence-electron chi connectivity index (χ4n) is 1.47. The molecule has 78 valence electrons. The number of benzene rings is 1. The van der Waals surface area contributed by atoms with Gasteiger partial charge in [-0.05, 0) is 43.4 Å². The Bertz CT molecular complexity index is 296. The second-order valence-corrected chi connectivity index (χ2v) is 3.82. The van der Waals surface area contributed by atoms with Crippen molar-refractivity contribution in [1.82, 2.24) is 0 Å². The van der Waals surface area contributed by atoms with Crippen LogP contribution in [0.2, 0.25) is 0 Å². The topological polar surface area (TPSA) is 46.2 Å². The Balaban J connectivity index is 2.70. The van der Waals surface area contributed by atoms with Crippen LogP contribution in [0, 0.1) is 13.8 Å². The van der Waals surface area contributed by atoms with Crippen LogP contribution >= 0.6 is 0 Å². The number of aliphatic hydroxyl groups is 1. The minimum atomic E-state index is 0.0569. The molecule has 0 aliphatic carbocycles. The highest BCUT2D eigenvalue weighted by atomic mass is 16.2. The highest BCUT2D eigenvalue weighted by Crippen LogP contribution is 2.18. The van der Waals surface area contributed by atoms with Crippen LogP contribution in [0.15, 0.2) is 18.2 Å². The molecule has 0 radical (unpaired) electrons. The van der Waals surface area contributed by atoms with E-state index in [0.29, 0.717) is 0 Å². The molecule has 0 spiro atoms. The molecule has 1 rings (SSSR count). The van der Waals surface area contributed by atoms with Gasteiger partial charge >= 0.3 is 0 Å². The molecule has 1 aromatic rings. The van der Waals surface area contributed by atoms with Crippen molar-refractivity contribution >= 4 is 0 Å². The summed E-state index contributed by atoms with van der Waals surface area (Å²) in [6, 6.07) is 6.37. The highest BCUT2D eigenvalue weighted by Gasteiger charge is 2.05. The maximum atomic E-state index is 8.71. The van der Waals surface area contributed by atoms with Crippen LogP contribution in [-0.2, 0) is 0 Å². The van der Waals surface area contributed by atoms with Gasteiger partial charge < -0.3 is 10.8 Å². The van der Waals surface area contributed by atoms with Crippen LogP contribution in [0.25, 0.3) is 0 Å². The molecule has 14 heavy (non-hydrogen) atoms. The SMILES string of the molecule is Cc1ccc([C@H](N)CCCO)cc1C. The number of hydrogen-bond acceptors (Lipinski definition) is 2. The van der Waals surface area contributed by atoms with Crippen molar-refractivity contribution in [1.29, 1.82) is 0 Å². The van der Waals surface area contributed by atoms with Crippen LogP contribution in [0.3, 0.4) is 0 Å². The zero-order valence-corrected chi connectivity index (χ0v) is 8.96. The molecular weight excluding hydrogens is 174 g/mol. The maximum Gasteiger partial charge on any atom is 0.0431 e. The Labute approximate surface area is 85.8 Å². The van der Waals surface area contributed by atoms with Crippen LogP contribution < -0.4 is 5.73 Å². The fourth-order valence-corrected chi connectivity index (χ4v) is 1.47. The second kappa shape index (κ2) is 5.13. The number of hydrogen-bond donors (Lipinski definition) is 2. The van der Waals surface area contributed by atoms with Gasteiger partial charge in [-0.1, -0.05) is 18.2 Å². The lowest BCUT2D eigenvalue weighted by molar-refractivity contribution is 0.280. The van der Waals surface area contributed by atoms with E-state index >= 15 is 0 Å². The van der Waals surface area contributed by atoms with Crippen molar-refractivity contribution < 1.29 is 5.11 Å². The van der Waals surface area contributed by atoms with Gasteiger partial charge in [0.15, 0.2) is 0 Å². The van der Waals surface area contributed by atoms with E-state index < -0.39 is 0 Å². The number of aryl methyl sites for hydroxylation is 2. The normalized spacial score (nSPS) is 12.9. The van der Waals surface area contributed by atoms with Crippen LogP contribution in [-0.4, -0.2) is 11.7 Å². The molecule has 0 unspecified atom stereocenters. The Morgan fingerprint density at radius 1 is 1.29 bits per heavy atom. The maximum absolute atomic E-state index is 8.71. The molecule has 0 aliphatic rings. The standard InChI is InChI=1S/C12H19NO/c1-9-5-6-11(8-10(9)2)12(13)4-3-7-14/h5-6,8,12,14H,3-4,7,13H2,1-2H3/t12-/m1/s1. The van der Waals surface area contributed by atoms with Gasteiger partial charge in [-0.2, -0.15) is 0 Å². The van der Waals surface area contributed by atoms with E-state index in [9.17, 15) is 0 Å². The van der Waals surface area contributed by atoms with Gasteiger partial charge in [-0.15, -0.1) is 0 Å². The number of aliphatic hydroxyl groups excluding tert-OH is 1. The zero-order chi connectivity index (χ0) is 10.6. The van der Waals surface area contributed by atoms with Crippen molar-refractivity contribution in [3.05, 3.63) is 34.9 Å². The van der Waals surface area contributed by atoms with Crippen molar-refractivity contribution in [3.63, 3.8) is 0 Å². The minimum Gasteiger partial charge on any atom is -0.396 e. The average Bonchev–Trinajstić information content (AvgIpc) is 2.18. The molecule has 1 atom stereocenters. The van der Waals surface area contributed by atoms with E-state index in [1.807, 2.05) is 0 Å². The van der Waals surface area contributed by atoms with Gasteiger partial charge in [-0.3, -0.25) is 0 Å². The van der Waals surface area contributed by atoms with Gasteiger partial charge in [-0.25, -0.2) is 0 Å². The van der Waals surface area contributed by atoms with E-state index in [1.54, 1.807) is 0 Å². The molecule has 0 aliphatic heterocycles. The van der Waals surface area contributed by atoms with E-state index in [0.717, 1.165) is 12.8 Å². The molecule has 0 bridgehead atoms. The van der Waals surface area contributed by atoms with Gasteiger partial charge in [0, 0.05) is 12.6 Å². The van der Waals surface area contributed by atoms with E-state index in [-0.39, 0.29) is 12.6 Å². The summed E-state index contributed by atoms with van der Waals surface area (Å²) in [5, 5.41) is 8.71. The molecule has 1 aromatic carbocycles.